The summed E-state index contributed by atoms with van der Waals surface area (Å²) in [6.07, 6.45) is 1.57. The first-order valence-corrected chi connectivity index (χ1v) is 5.87. The van der Waals surface area contributed by atoms with Crippen LogP contribution in [0.15, 0.2) is 18.2 Å². The monoisotopic (exact) mass is 249 g/mol. The summed E-state index contributed by atoms with van der Waals surface area (Å²) in [5.74, 6) is -0.101. The zero-order valence-electron chi connectivity index (χ0n) is 10.1. The van der Waals surface area contributed by atoms with Crippen molar-refractivity contribution in [3.63, 3.8) is 0 Å². The minimum Gasteiger partial charge on any atom is -0.368 e. The lowest BCUT2D eigenvalue weighted by molar-refractivity contribution is -0.384. The number of rotatable bonds is 3. The number of hydrogen-bond donors (Lipinski definition) is 2. The molecule has 0 spiro atoms. The van der Waals surface area contributed by atoms with Crippen LogP contribution in [0.1, 0.15) is 18.4 Å². The molecule has 96 valence electrons. The van der Waals surface area contributed by atoms with Crippen LogP contribution < -0.4 is 10.6 Å². The summed E-state index contributed by atoms with van der Waals surface area (Å²) in [5.41, 5.74) is 1.22. The van der Waals surface area contributed by atoms with Crippen LogP contribution in [0.5, 0.6) is 0 Å². The Morgan fingerprint density at radius 1 is 1.50 bits per heavy atom. The fraction of sp³-hybridized carbons (Fsp3) is 0.417. The highest BCUT2D eigenvalue weighted by Gasteiger charge is 2.24. The van der Waals surface area contributed by atoms with Crippen molar-refractivity contribution in [1.82, 2.24) is 5.32 Å². The maximum atomic E-state index is 11.6. The summed E-state index contributed by atoms with van der Waals surface area (Å²) in [6.45, 7) is 2.47. The quantitative estimate of drug-likeness (QED) is 0.629. The van der Waals surface area contributed by atoms with Crippen molar-refractivity contribution in [1.29, 1.82) is 0 Å². The molecule has 1 unspecified atom stereocenters. The summed E-state index contributed by atoms with van der Waals surface area (Å²) in [4.78, 5) is 22.1. The van der Waals surface area contributed by atoms with Crippen LogP contribution in [0, 0.1) is 17.0 Å². The molecule has 1 heterocycles. The molecule has 1 atom stereocenters. The molecular formula is C12H15N3O3. The fourth-order valence-corrected chi connectivity index (χ4v) is 2.01. The van der Waals surface area contributed by atoms with E-state index in [-0.39, 0.29) is 17.6 Å². The first-order valence-electron chi connectivity index (χ1n) is 5.87. The minimum absolute atomic E-state index is 0.00775. The van der Waals surface area contributed by atoms with E-state index in [1.807, 2.05) is 0 Å². The number of nitrogens with zero attached hydrogens (tertiary/aromatic N) is 1. The van der Waals surface area contributed by atoms with Crippen LogP contribution in [0.25, 0.3) is 0 Å². The Kier molecular flexibility index (Phi) is 3.45. The molecule has 1 fully saturated rings. The van der Waals surface area contributed by atoms with Crippen LogP contribution in [0.4, 0.5) is 11.4 Å². The van der Waals surface area contributed by atoms with Gasteiger partial charge in [0.05, 0.1) is 4.92 Å². The zero-order chi connectivity index (χ0) is 13.1. The molecule has 18 heavy (non-hydrogen) atoms. The zero-order valence-corrected chi connectivity index (χ0v) is 10.1. The van der Waals surface area contributed by atoms with Crippen molar-refractivity contribution in [2.45, 2.75) is 25.8 Å². The number of nitro benzene ring substituents is 1. The van der Waals surface area contributed by atoms with Gasteiger partial charge in [-0.15, -0.1) is 0 Å². The second-order valence-corrected chi connectivity index (χ2v) is 4.41. The average molecular weight is 249 g/mol. The summed E-state index contributed by atoms with van der Waals surface area (Å²) in [6, 6.07) is 4.55. The largest absolute Gasteiger partial charge is 0.368 e. The van der Waals surface area contributed by atoms with Gasteiger partial charge in [0, 0.05) is 12.6 Å². The third-order valence-electron chi connectivity index (χ3n) is 2.96. The first kappa shape index (κ1) is 12.3. The molecule has 0 aromatic heterocycles. The smallest absolute Gasteiger partial charge is 0.292 e. The van der Waals surface area contributed by atoms with Crippen molar-refractivity contribution >= 4 is 17.3 Å². The highest BCUT2D eigenvalue weighted by atomic mass is 16.6. The molecular weight excluding hydrogens is 234 g/mol. The Labute approximate surface area is 105 Å². The number of carbonyl (C=O) groups is 1. The van der Waals surface area contributed by atoms with E-state index in [2.05, 4.69) is 10.6 Å². The highest BCUT2D eigenvalue weighted by molar-refractivity contribution is 5.86. The van der Waals surface area contributed by atoms with E-state index in [1.165, 1.54) is 6.07 Å². The van der Waals surface area contributed by atoms with Gasteiger partial charge in [0.1, 0.15) is 11.7 Å². The topological polar surface area (TPSA) is 84.3 Å². The van der Waals surface area contributed by atoms with Crippen LogP contribution in [0.2, 0.25) is 0 Å². The van der Waals surface area contributed by atoms with Gasteiger partial charge in [-0.05, 0) is 31.4 Å². The predicted molar refractivity (Wildman–Crippen MR) is 67.5 cm³/mol. The molecule has 6 nitrogen and oxygen atoms in total. The van der Waals surface area contributed by atoms with Crippen molar-refractivity contribution in [3.8, 4) is 0 Å². The molecule has 1 amide bonds. The summed E-state index contributed by atoms with van der Waals surface area (Å²) in [7, 11) is 0. The molecule has 6 heteroatoms. The van der Waals surface area contributed by atoms with Crippen molar-refractivity contribution in [3.05, 3.63) is 33.9 Å². The van der Waals surface area contributed by atoms with E-state index in [9.17, 15) is 14.9 Å². The predicted octanol–water partition coefficient (Wildman–Crippen LogP) is 1.59. The summed E-state index contributed by atoms with van der Waals surface area (Å²) >= 11 is 0. The number of carbonyl (C=O) groups excluding carboxylic acids is 1. The normalized spacial score (nSPS) is 19.2. The molecule has 2 N–H and O–H groups in total. The van der Waals surface area contributed by atoms with Gasteiger partial charge in [-0.25, -0.2) is 0 Å². The number of nitrogens with one attached hydrogen (secondary N) is 2. The molecule has 1 aliphatic heterocycles. The number of benzene rings is 1. The molecule has 1 aromatic rings. The van der Waals surface area contributed by atoms with E-state index >= 15 is 0 Å². The Hall–Kier alpha value is -2.11. The maximum absolute atomic E-state index is 11.6. The van der Waals surface area contributed by atoms with E-state index in [0.717, 1.165) is 12.0 Å². The molecule has 0 aliphatic carbocycles. The lowest BCUT2D eigenvalue weighted by Crippen LogP contribution is -2.44. The maximum Gasteiger partial charge on any atom is 0.292 e. The number of amides is 1. The van der Waals surface area contributed by atoms with Crippen LogP contribution in [-0.2, 0) is 4.79 Å². The number of piperidine rings is 1. The third kappa shape index (κ3) is 2.58. The van der Waals surface area contributed by atoms with E-state index < -0.39 is 4.92 Å². The van der Waals surface area contributed by atoms with Crippen molar-refractivity contribution in [2.24, 2.45) is 0 Å². The lowest BCUT2D eigenvalue weighted by atomic mass is 10.1. The first-order chi connectivity index (χ1) is 8.58. The van der Waals surface area contributed by atoms with E-state index in [0.29, 0.717) is 18.7 Å². The Morgan fingerprint density at radius 3 is 2.94 bits per heavy atom. The van der Waals surface area contributed by atoms with Gasteiger partial charge in [0.25, 0.3) is 5.69 Å². The molecule has 0 radical (unpaired) electrons. The van der Waals surface area contributed by atoms with Gasteiger partial charge >= 0.3 is 0 Å². The van der Waals surface area contributed by atoms with E-state index in [1.54, 1.807) is 19.1 Å². The Morgan fingerprint density at radius 2 is 2.28 bits per heavy atom. The van der Waals surface area contributed by atoms with Gasteiger partial charge < -0.3 is 10.6 Å². The van der Waals surface area contributed by atoms with Crippen molar-refractivity contribution in [2.75, 3.05) is 11.9 Å². The van der Waals surface area contributed by atoms with Crippen LogP contribution in [0.3, 0.4) is 0 Å². The number of hydrogen-bond acceptors (Lipinski definition) is 4. The van der Waals surface area contributed by atoms with Crippen LogP contribution in [-0.4, -0.2) is 23.4 Å². The lowest BCUT2D eigenvalue weighted by Gasteiger charge is -2.23. The van der Waals surface area contributed by atoms with Crippen LogP contribution >= 0.6 is 0 Å². The molecule has 1 saturated heterocycles. The average Bonchev–Trinajstić information content (AvgIpc) is 2.34. The molecule has 0 saturated carbocycles. The number of anilines is 1. The van der Waals surface area contributed by atoms with Gasteiger partial charge in [-0.3, -0.25) is 14.9 Å². The van der Waals surface area contributed by atoms with Gasteiger partial charge in [-0.2, -0.15) is 0 Å². The molecule has 0 bridgehead atoms. The second-order valence-electron chi connectivity index (χ2n) is 4.41. The molecule has 2 rings (SSSR count). The SMILES string of the molecule is Cc1ccc(NC2CCCNC2=O)c([N+](=O)[O-])c1. The summed E-state index contributed by atoms with van der Waals surface area (Å²) in [5, 5.41) is 16.7. The third-order valence-corrected chi connectivity index (χ3v) is 2.96. The Bertz CT molecular complexity index is 487. The fourth-order valence-electron chi connectivity index (χ4n) is 2.01. The Balaban J connectivity index is 2.22. The standard InChI is InChI=1S/C12H15N3O3/c1-8-4-5-9(11(7-8)15(17)18)14-10-3-2-6-13-12(10)16/h4-5,7,10,14H,2-3,6H2,1H3,(H,13,16). The van der Waals surface area contributed by atoms with Crippen molar-refractivity contribution < 1.29 is 9.72 Å². The van der Waals surface area contributed by atoms with Gasteiger partial charge in [-0.1, -0.05) is 6.07 Å². The minimum atomic E-state index is -0.434. The second kappa shape index (κ2) is 5.03. The van der Waals surface area contributed by atoms with E-state index in [4.69, 9.17) is 0 Å². The number of nitro groups is 1. The molecule has 1 aliphatic rings. The summed E-state index contributed by atoms with van der Waals surface area (Å²) < 4.78 is 0. The van der Waals surface area contributed by atoms with Gasteiger partial charge in [0.2, 0.25) is 5.91 Å². The number of aryl methyl sites for hydroxylation is 1. The molecule has 1 aromatic carbocycles. The van der Waals surface area contributed by atoms with Gasteiger partial charge in [0.15, 0.2) is 0 Å². The highest BCUT2D eigenvalue weighted by Crippen LogP contribution is 2.26.